The van der Waals surface area contributed by atoms with Crippen molar-refractivity contribution in [2.45, 2.75) is 113 Å². The summed E-state index contributed by atoms with van der Waals surface area (Å²) in [5, 5.41) is 5.98. The third-order valence-corrected chi connectivity index (χ3v) is 6.83. The molecule has 0 saturated carbocycles. The number of anilines is 1. The van der Waals surface area contributed by atoms with Gasteiger partial charge in [-0.3, -0.25) is 9.59 Å². The molecule has 7 heteroatoms. The summed E-state index contributed by atoms with van der Waals surface area (Å²) in [7, 11) is 0. The fourth-order valence-corrected chi connectivity index (χ4v) is 5.09. The van der Waals surface area contributed by atoms with E-state index in [2.05, 4.69) is 23.6 Å². The lowest BCUT2D eigenvalue weighted by molar-refractivity contribution is -0.141. The molecule has 0 saturated heterocycles. The topological polar surface area (TPSA) is 87.7 Å². The fourth-order valence-electron chi connectivity index (χ4n) is 5.09. The van der Waals surface area contributed by atoms with Crippen LogP contribution in [0.3, 0.4) is 0 Å². The van der Waals surface area contributed by atoms with E-state index in [0.29, 0.717) is 13.0 Å². The van der Waals surface area contributed by atoms with E-state index in [1.165, 1.54) is 0 Å². The highest BCUT2D eigenvalue weighted by molar-refractivity contribution is 6.00. The zero-order valence-electron chi connectivity index (χ0n) is 26.8. The van der Waals surface area contributed by atoms with E-state index in [0.717, 1.165) is 52.8 Å². The Hall–Kier alpha value is -3.35. The van der Waals surface area contributed by atoms with Gasteiger partial charge in [-0.2, -0.15) is 0 Å². The molecule has 7 nitrogen and oxygen atoms in total. The maximum atomic E-state index is 14.4. The predicted octanol–water partition coefficient (Wildman–Crippen LogP) is 7.56. The van der Waals surface area contributed by atoms with E-state index in [4.69, 9.17) is 4.74 Å². The molecule has 2 rings (SSSR count). The van der Waals surface area contributed by atoms with Gasteiger partial charge in [0.15, 0.2) is 0 Å². The highest BCUT2D eigenvalue weighted by Gasteiger charge is 2.37. The Kier molecular flexibility index (Phi) is 12.4. The molecule has 0 aliphatic heterocycles. The van der Waals surface area contributed by atoms with Gasteiger partial charge in [0.25, 0.3) is 5.91 Å². The molecule has 0 aliphatic carbocycles. The van der Waals surface area contributed by atoms with Gasteiger partial charge in [0.05, 0.1) is 0 Å². The third kappa shape index (κ3) is 10.5. The molecule has 2 unspecified atom stereocenters. The number of benzene rings is 2. The van der Waals surface area contributed by atoms with Crippen LogP contribution in [0.15, 0.2) is 36.4 Å². The second-order valence-corrected chi connectivity index (χ2v) is 12.6. The molecule has 0 fully saturated rings. The van der Waals surface area contributed by atoms with Crippen LogP contribution in [0.4, 0.5) is 10.5 Å². The Morgan fingerprint density at radius 1 is 0.927 bits per heavy atom. The van der Waals surface area contributed by atoms with Gasteiger partial charge in [0.2, 0.25) is 5.91 Å². The van der Waals surface area contributed by atoms with Crippen LogP contribution >= 0.6 is 0 Å². The summed E-state index contributed by atoms with van der Waals surface area (Å²) in [6.45, 7) is 19.8. The highest BCUT2D eigenvalue weighted by Crippen LogP contribution is 2.29. The average Bonchev–Trinajstić information content (AvgIpc) is 2.83. The lowest BCUT2D eigenvalue weighted by atomic mass is 9.96. The summed E-state index contributed by atoms with van der Waals surface area (Å²) in [5.41, 5.74) is 4.71. The lowest BCUT2D eigenvalue weighted by Crippen LogP contribution is -2.53. The minimum Gasteiger partial charge on any atom is -0.444 e. The number of rotatable bonds is 12. The van der Waals surface area contributed by atoms with Gasteiger partial charge < -0.3 is 20.3 Å². The summed E-state index contributed by atoms with van der Waals surface area (Å²) in [4.78, 5) is 43.2. The summed E-state index contributed by atoms with van der Waals surface area (Å²) in [6, 6.07) is 10.2. The molecule has 226 valence electrons. The molecule has 0 radical (unpaired) electrons. The Morgan fingerprint density at radius 3 is 2.02 bits per heavy atom. The number of hydrogen-bond acceptors (Lipinski definition) is 4. The van der Waals surface area contributed by atoms with Crippen LogP contribution < -0.4 is 10.6 Å². The summed E-state index contributed by atoms with van der Waals surface area (Å²) in [6.07, 6.45) is 2.39. The molecule has 0 bridgehead atoms. The Balaban J connectivity index is 2.63. The van der Waals surface area contributed by atoms with Gasteiger partial charge in [-0.25, -0.2) is 4.79 Å². The minimum atomic E-state index is -0.882. The number of aryl methyl sites for hydroxylation is 4. The van der Waals surface area contributed by atoms with Crippen molar-refractivity contribution in [1.82, 2.24) is 10.2 Å². The van der Waals surface area contributed by atoms with Crippen molar-refractivity contribution < 1.29 is 19.1 Å². The first-order valence-corrected chi connectivity index (χ1v) is 14.9. The number of ether oxygens (including phenoxy) is 1. The summed E-state index contributed by atoms with van der Waals surface area (Å²) >= 11 is 0. The van der Waals surface area contributed by atoms with E-state index in [-0.39, 0.29) is 17.7 Å². The lowest BCUT2D eigenvalue weighted by Gasteiger charge is -2.35. The Bertz CT molecular complexity index is 1160. The van der Waals surface area contributed by atoms with Gasteiger partial charge >= 0.3 is 6.09 Å². The predicted molar refractivity (Wildman–Crippen MR) is 167 cm³/mol. The number of alkyl carbamates (subject to hydrolysis) is 1. The van der Waals surface area contributed by atoms with Gasteiger partial charge in [-0.05, 0) is 83.9 Å². The first-order chi connectivity index (χ1) is 19.1. The van der Waals surface area contributed by atoms with Crippen molar-refractivity contribution in [2.24, 2.45) is 5.92 Å². The molecule has 41 heavy (non-hydrogen) atoms. The zero-order valence-corrected chi connectivity index (χ0v) is 26.8. The van der Waals surface area contributed by atoms with E-state index in [1.807, 2.05) is 71.9 Å². The first kappa shape index (κ1) is 33.9. The fraction of sp³-hybridized carbons (Fsp3) is 0.559. The van der Waals surface area contributed by atoms with Crippen LogP contribution in [0.1, 0.15) is 101 Å². The second kappa shape index (κ2) is 15.0. The van der Waals surface area contributed by atoms with Crippen molar-refractivity contribution in [3.63, 3.8) is 0 Å². The van der Waals surface area contributed by atoms with Gasteiger partial charge in [-0.1, -0.05) is 81.1 Å². The molecule has 3 amide bonds. The number of nitrogens with one attached hydrogen (secondary N) is 2. The normalized spacial score (nSPS) is 13.0. The molecule has 0 aliphatic rings. The number of para-hydroxylation sites is 1. The van der Waals surface area contributed by atoms with Gasteiger partial charge in [0, 0.05) is 12.2 Å². The van der Waals surface area contributed by atoms with Crippen molar-refractivity contribution in [3.05, 3.63) is 64.2 Å². The molecule has 2 atom stereocenters. The minimum absolute atomic E-state index is 0.125. The smallest absolute Gasteiger partial charge is 0.408 e. The molecular formula is C34H51N3O4. The Labute approximate surface area is 247 Å². The molecule has 2 aromatic carbocycles. The highest BCUT2D eigenvalue weighted by atomic mass is 16.6. The number of hydrogen-bond donors (Lipinski definition) is 2. The zero-order chi connectivity index (χ0) is 30.9. The number of carbonyl (C=O) groups excluding carboxylic acids is 3. The maximum absolute atomic E-state index is 14.4. The molecule has 0 spiro atoms. The standard InChI is InChI=1S/C34H51N3O4/c1-11-12-13-17-37(32(39)28(18-22(2)3)35-33(40)41-34(8,9)10)30(27-20-23(4)19-24(5)21-27)31(38)36-29-25(6)15-14-16-26(29)7/h14-16,19-22,28,30H,11-13,17-18H2,1-10H3,(H,35,40)(H,36,38). The van der Waals surface area contributed by atoms with Gasteiger partial charge in [-0.15, -0.1) is 0 Å². The number of carbonyl (C=O) groups is 3. The number of amides is 3. The van der Waals surface area contributed by atoms with Crippen molar-refractivity contribution >= 4 is 23.6 Å². The van der Waals surface area contributed by atoms with Crippen LogP contribution in [0, 0.1) is 33.6 Å². The molecule has 2 aromatic rings. The third-order valence-electron chi connectivity index (χ3n) is 6.83. The van der Waals surface area contributed by atoms with Crippen LogP contribution in [-0.2, 0) is 14.3 Å². The van der Waals surface area contributed by atoms with Crippen LogP contribution in [0.2, 0.25) is 0 Å². The van der Waals surface area contributed by atoms with Crippen LogP contribution in [-0.4, -0.2) is 41.0 Å². The largest absolute Gasteiger partial charge is 0.444 e. The van der Waals surface area contributed by atoms with Crippen molar-refractivity contribution in [1.29, 1.82) is 0 Å². The van der Waals surface area contributed by atoms with E-state index in [9.17, 15) is 14.4 Å². The molecule has 2 N–H and O–H groups in total. The SMILES string of the molecule is CCCCCN(C(=O)C(CC(C)C)NC(=O)OC(C)(C)C)C(C(=O)Nc1c(C)cccc1C)c1cc(C)cc(C)c1. The van der Waals surface area contributed by atoms with E-state index < -0.39 is 23.8 Å². The quantitative estimate of drug-likeness (QED) is 0.260. The maximum Gasteiger partial charge on any atom is 0.408 e. The molecule has 0 heterocycles. The molecular weight excluding hydrogens is 514 g/mol. The van der Waals surface area contributed by atoms with E-state index >= 15 is 0 Å². The van der Waals surface area contributed by atoms with Crippen LogP contribution in [0.25, 0.3) is 0 Å². The van der Waals surface area contributed by atoms with E-state index in [1.54, 1.807) is 25.7 Å². The van der Waals surface area contributed by atoms with Crippen LogP contribution in [0.5, 0.6) is 0 Å². The summed E-state index contributed by atoms with van der Waals surface area (Å²) in [5.74, 6) is -0.446. The molecule has 0 aromatic heterocycles. The van der Waals surface area contributed by atoms with Gasteiger partial charge in [0.1, 0.15) is 17.7 Å². The first-order valence-electron chi connectivity index (χ1n) is 14.9. The van der Waals surface area contributed by atoms with Crippen molar-refractivity contribution in [2.75, 3.05) is 11.9 Å². The summed E-state index contributed by atoms with van der Waals surface area (Å²) < 4.78 is 5.51. The number of nitrogens with zero attached hydrogens (tertiary/aromatic N) is 1. The average molecular weight is 566 g/mol. The number of unbranched alkanes of at least 4 members (excludes halogenated alkanes) is 2. The second-order valence-electron chi connectivity index (χ2n) is 12.6. The monoisotopic (exact) mass is 565 g/mol. The Morgan fingerprint density at radius 2 is 1.51 bits per heavy atom. The van der Waals surface area contributed by atoms with Crippen molar-refractivity contribution in [3.8, 4) is 0 Å².